The molecule has 0 saturated carbocycles. The molecule has 2 N–H and O–H groups in total. The summed E-state index contributed by atoms with van der Waals surface area (Å²) in [4.78, 5) is 18.9. The molecule has 0 radical (unpaired) electrons. The van der Waals surface area contributed by atoms with Gasteiger partial charge >= 0.3 is 0 Å². The van der Waals surface area contributed by atoms with Crippen LogP contribution >= 0.6 is 11.8 Å². The van der Waals surface area contributed by atoms with E-state index >= 15 is 0 Å². The summed E-state index contributed by atoms with van der Waals surface area (Å²) in [6, 6.07) is 0. The van der Waals surface area contributed by atoms with Crippen molar-refractivity contribution in [1.82, 2.24) is 9.97 Å². The molecule has 0 amide bonds. The average Bonchev–Trinajstić information content (AvgIpc) is 2.26. The molecule has 1 aliphatic heterocycles. The Balaban J connectivity index is 2.28. The van der Waals surface area contributed by atoms with E-state index in [1.54, 1.807) is 11.8 Å². The number of H-pyrrole nitrogens is 1. The summed E-state index contributed by atoms with van der Waals surface area (Å²) in [7, 11) is 0. The fraction of sp³-hybridized carbons (Fsp3) is 0.600. The highest BCUT2D eigenvalue weighted by atomic mass is 32.2. The molecule has 1 aliphatic rings. The molecule has 15 heavy (non-hydrogen) atoms. The number of fused-ring (bicyclic) bond motifs is 1. The van der Waals surface area contributed by atoms with E-state index in [9.17, 15) is 4.79 Å². The first-order valence-corrected chi connectivity index (χ1v) is 6.26. The fourth-order valence-corrected chi connectivity index (χ4v) is 2.64. The van der Waals surface area contributed by atoms with E-state index in [-0.39, 0.29) is 12.2 Å². The molecule has 1 aromatic rings. The standard InChI is InChI=1S/C10H14N2O2S/c13-4-1-2-9-11-8-3-5-15-6-7(8)10(14)12-9/h13H,1-6H2,(H,11,12,14). The molecule has 4 nitrogen and oxygen atoms in total. The Morgan fingerprint density at radius 1 is 1.53 bits per heavy atom. The van der Waals surface area contributed by atoms with Crippen molar-refractivity contribution in [2.75, 3.05) is 12.4 Å². The zero-order valence-corrected chi connectivity index (χ0v) is 9.27. The number of aromatic nitrogens is 2. The molecule has 0 aromatic carbocycles. The minimum Gasteiger partial charge on any atom is -0.396 e. The van der Waals surface area contributed by atoms with Gasteiger partial charge < -0.3 is 10.1 Å². The van der Waals surface area contributed by atoms with Crippen LogP contribution in [0.25, 0.3) is 0 Å². The van der Waals surface area contributed by atoms with Crippen LogP contribution in [0.4, 0.5) is 0 Å². The lowest BCUT2D eigenvalue weighted by atomic mass is 10.2. The molecule has 0 fully saturated rings. The molecule has 0 aliphatic carbocycles. The van der Waals surface area contributed by atoms with Crippen LogP contribution in [0, 0.1) is 0 Å². The number of aliphatic hydroxyl groups is 1. The van der Waals surface area contributed by atoms with E-state index in [2.05, 4.69) is 9.97 Å². The number of nitrogens with zero attached hydrogens (tertiary/aromatic N) is 1. The second-order valence-electron chi connectivity index (χ2n) is 3.57. The van der Waals surface area contributed by atoms with Gasteiger partial charge in [0.25, 0.3) is 5.56 Å². The Morgan fingerprint density at radius 2 is 2.40 bits per heavy atom. The number of hydrogen-bond donors (Lipinski definition) is 2. The van der Waals surface area contributed by atoms with Crippen molar-refractivity contribution in [2.45, 2.75) is 25.0 Å². The predicted octanol–water partition coefficient (Wildman–Crippen LogP) is 0.484. The van der Waals surface area contributed by atoms with Gasteiger partial charge in [0.15, 0.2) is 0 Å². The van der Waals surface area contributed by atoms with Crippen molar-refractivity contribution in [2.24, 2.45) is 0 Å². The van der Waals surface area contributed by atoms with Gasteiger partial charge in [0, 0.05) is 24.3 Å². The van der Waals surface area contributed by atoms with Gasteiger partial charge in [-0.1, -0.05) is 0 Å². The topological polar surface area (TPSA) is 66.0 Å². The molecule has 2 rings (SSSR count). The molecule has 82 valence electrons. The van der Waals surface area contributed by atoms with Crippen LogP contribution in [-0.2, 0) is 18.6 Å². The number of hydrogen-bond acceptors (Lipinski definition) is 4. The molecule has 0 saturated heterocycles. The predicted molar refractivity (Wildman–Crippen MR) is 60.1 cm³/mol. The lowest BCUT2D eigenvalue weighted by Gasteiger charge is -2.14. The zero-order chi connectivity index (χ0) is 10.7. The van der Waals surface area contributed by atoms with Crippen LogP contribution in [0.2, 0.25) is 0 Å². The minimum atomic E-state index is 0.000129. The zero-order valence-electron chi connectivity index (χ0n) is 8.45. The third-order valence-corrected chi connectivity index (χ3v) is 3.44. The summed E-state index contributed by atoms with van der Waals surface area (Å²) >= 11 is 1.78. The van der Waals surface area contributed by atoms with E-state index in [4.69, 9.17) is 5.11 Å². The van der Waals surface area contributed by atoms with E-state index in [0.29, 0.717) is 18.7 Å². The maximum absolute atomic E-state index is 11.7. The van der Waals surface area contributed by atoms with Gasteiger partial charge in [-0.25, -0.2) is 4.98 Å². The van der Waals surface area contributed by atoms with Gasteiger partial charge in [0.05, 0.1) is 5.69 Å². The molecular weight excluding hydrogens is 212 g/mol. The summed E-state index contributed by atoms with van der Waals surface area (Å²) in [5.41, 5.74) is 1.78. The largest absolute Gasteiger partial charge is 0.396 e. The number of aromatic amines is 1. The highest BCUT2D eigenvalue weighted by Gasteiger charge is 2.15. The second kappa shape index (κ2) is 4.81. The summed E-state index contributed by atoms with van der Waals surface area (Å²) < 4.78 is 0. The first-order chi connectivity index (χ1) is 7.31. The van der Waals surface area contributed by atoms with Crippen LogP contribution in [-0.4, -0.2) is 27.4 Å². The quantitative estimate of drug-likeness (QED) is 0.787. The molecule has 0 bridgehead atoms. The van der Waals surface area contributed by atoms with Gasteiger partial charge in [-0.2, -0.15) is 11.8 Å². The molecular formula is C10H14N2O2S. The van der Waals surface area contributed by atoms with Crippen LogP contribution < -0.4 is 5.56 Å². The number of aliphatic hydroxyl groups excluding tert-OH is 1. The average molecular weight is 226 g/mol. The van der Waals surface area contributed by atoms with E-state index in [0.717, 1.165) is 29.2 Å². The number of thioether (sulfide) groups is 1. The normalized spacial score (nSPS) is 15.0. The molecule has 0 spiro atoms. The van der Waals surface area contributed by atoms with Crippen LogP contribution in [0.3, 0.4) is 0 Å². The molecule has 1 aromatic heterocycles. The molecule has 5 heteroatoms. The maximum atomic E-state index is 11.7. The minimum absolute atomic E-state index is 0.000129. The Hall–Kier alpha value is -0.810. The van der Waals surface area contributed by atoms with Crippen molar-refractivity contribution in [3.8, 4) is 0 Å². The van der Waals surface area contributed by atoms with Gasteiger partial charge in [-0.05, 0) is 18.6 Å². The number of nitrogens with one attached hydrogen (secondary N) is 1. The SMILES string of the molecule is O=c1[nH]c(CCCO)nc2c1CSCC2. The summed E-state index contributed by atoms with van der Waals surface area (Å²) in [5.74, 6) is 2.53. The summed E-state index contributed by atoms with van der Waals surface area (Å²) in [6.07, 6.45) is 2.18. The van der Waals surface area contributed by atoms with Gasteiger partial charge in [-0.15, -0.1) is 0 Å². The maximum Gasteiger partial charge on any atom is 0.255 e. The van der Waals surface area contributed by atoms with Gasteiger partial charge in [0.2, 0.25) is 0 Å². The van der Waals surface area contributed by atoms with Crippen LogP contribution in [0.15, 0.2) is 4.79 Å². The Labute approximate surface area is 92.1 Å². The summed E-state index contributed by atoms with van der Waals surface area (Å²) in [6.45, 7) is 0.136. The van der Waals surface area contributed by atoms with Crippen molar-refractivity contribution < 1.29 is 5.11 Å². The lowest BCUT2D eigenvalue weighted by Crippen LogP contribution is -2.22. The third kappa shape index (κ3) is 2.41. The Morgan fingerprint density at radius 3 is 3.20 bits per heavy atom. The first kappa shape index (κ1) is 10.7. The molecule has 2 heterocycles. The van der Waals surface area contributed by atoms with Crippen LogP contribution in [0.5, 0.6) is 0 Å². The third-order valence-electron chi connectivity index (χ3n) is 2.45. The van der Waals surface area contributed by atoms with Crippen molar-refractivity contribution in [1.29, 1.82) is 0 Å². The fourth-order valence-electron chi connectivity index (χ4n) is 1.66. The van der Waals surface area contributed by atoms with Gasteiger partial charge in [0.1, 0.15) is 5.82 Å². The van der Waals surface area contributed by atoms with Crippen molar-refractivity contribution in [3.05, 3.63) is 27.4 Å². The monoisotopic (exact) mass is 226 g/mol. The van der Waals surface area contributed by atoms with E-state index in [1.165, 1.54) is 0 Å². The molecule has 0 unspecified atom stereocenters. The number of rotatable bonds is 3. The van der Waals surface area contributed by atoms with Crippen LogP contribution in [0.1, 0.15) is 23.5 Å². The Bertz CT molecular complexity index is 403. The first-order valence-electron chi connectivity index (χ1n) is 5.11. The van der Waals surface area contributed by atoms with Gasteiger partial charge in [-0.3, -0.25) is 4.79 Å². The second-order valence-corrected chi connectivity index (χ2v) is 4.67. The lowest BCUT2D eigenvalue weighted by molar-refractivity contribution is 0.287. The smallest absolute Gasteiger partial charge is 0.255 e. The van der Waals surface area contributed by atoms with Crippen molar-refractivity contribution in [3.63, 3.8) is 0 Å². The Kier molecular flexibility index (Phi) is 3.43. The summed E-state index contributed by atoms with van der Waals surface area (Å²) in [5, 5.41) is 8.71. The molecule has 0 atom stereocenters. The number of aryl methyl sites for hydroxylation is 2. The highest BCUT2D eigenvalue weighted by Crippen LogP contribution is 2.19. The van der Waals surface area contributed by atoms with E-state index in [1.807, 2.05) is 0 Å². The highest BCUT2D eigenvalue weighted by molar-refractivity contribution is 7.98. The van der Waals surface area contributed by atoms with Crippen molar-refractivity contribution >= 4 is 11.8 Å². The van der Waals surface area contributed by atoms with E-state index < -0.39 is 0 Å².